The Labute approximate surface area is 116 Å². The van der Waals surface area contributed by atoms with E-state index in [1.807, 2.05) is 0 Å². The fourth-order valence-electron chi connectivity index (χ4n) is 2.61. The molecule has 0 radical (unpaired) electrons. The molecule has 1 aliphatic rings. The maximum atomic E-state index is 12.8. The van der Waals surface area contributed by atoms with Crippen molar-refractivity contribution in [2.45, 2.75) is 44.3 Å². The lowest BCUT2D eigenvalue weighted by Gasteiger charge is -2.21. The molecule has 0 saturated carbocycles. The Morgan fingerprint density at radius 3 is 2.65 bits per heavy atom. The van der Waals surface area contributed by atoms with Crippen molar-refractivity contribution in [2.24, 2.45) is 5.84 Å². The van der Waals surface area contributed by atoms with Gasteiger partial charge in [-0.1, -0.05) is 30.2 Å². The first-order chi connectivity index (χ1) is 9.52. The molecule has 0 amide bonds. The Balaban J connectivity index is 2.29. The highest BCUT2D eigenvalue weighted by atomic mass is 19.4. The van der Waals surface area contributed by atoms with Crippen molar-refractivity contribution in [1.82, 2.24) is 5.43 Å². The predicted octanol–water partition coefficient (Wildman–Crippen LogP) is 4.10. The van der Waals surface area contributed by atoms with Crippen LogP contribution < -0.4 is 11.3 Å². The minimum atomic E-state index is -4.33. The highest BCUT2D eigenvalue weighted by Crippen LogP contribution is 2.33. The first kappa shape index (κ1) is 15.1. The maximum absolute atomic E-state index is 12.8. The van der Waals surface area contributed by atoms with E-state index in [1.165, 1.54) is 12.1 Å². The third-order valence-electron chi connectivity index (χ3n) is 3.66. The molecule has 0 fully saturated rings. The van der Waals surface area contributed by atoms with Crippen LogP contribution in [0.4, 0.5) is 13.2 Å². The molecule has 110 valence electrons. The van der Waals surface area contributed by atoms with E-state index in [1.54, 1.807) is 6.07 Å². The summed E-state index contributed by atoms with van der Waals surface area (Å²) in [6, 6.07) is 5.04. The number of halogens is 3. The highest BCUT2D eigenvalue weighted by molar-refractivity contribution is 5.33. The first-order valence-corrected chi connectivity index (χ1v) is 6.84. The smallest absolute Gasteiger partial charge is 0.271 e. The molecule has 0 heterocycles. The van der Waals surface area contributed by atoms with E-state index in [-0.39, 0.29) is 6.04 Å². The number of hydrogen-bond donors (Lipinski definition) is 2. The highest BCUT2D eigenvalue weighted by Gasteiger charge is 2.31. The van der Waals surface area contributed by atoms with Crippen LogP contribution in [0.25, 0.3) is 0 Å². The number of nitrogens with one attached hydrogen (secondary N) is 1. The summed E-state index contributed by atoms with van der Waals surface area (Å²) >= 11 is 0. The second-order valence-corrected chi connectivity index (χ2v) is 5.10. The normalized spacial score (nSPS) is 18.3. The van der Waals surface area contributed by atoms with Crippen LogP contribution in [0.15, 0.2) is 35.9 Å². The number of hydrazine groups is 1. The zero-order valence-electron chi connectivity index (χ0n) is 11.2. The fourth-order valence-corrected chi connectivity index (χ4v) is 2.61. The Morgan fingerprint density at radius 2 is 1.95 bits per heavy atom. The Bertz CT molecular complexity index is 480. The van der Waals surface area contributed by atoms with Gasteiger partial charge in [0.25, 0.3) is 0 Å². The van der Waals surface area contributed by atoms with Gasteiger partial charge in [0, 0.05) is 0 Å². The number of alkyl halides is 3. The molecular formula is C15H19F3N2. The van der Waals surface area contributed by atoms with Gasteiger partial charge >= 0.3 is 6.18 Å². The van der Waals surface area contributed by atoms with E-state index in [0.717, 1.165) is 43.7 Å². The van der Waals surface area contributed by atoms with Gasteiger partial charge in [-0.15, -0.1) is 0 Å². The number of nitrogens with two attached hydrogens (primary N) is 1. The Hall–Kier alpha value is -1.33. The molecule has 1 aliphatic carbocycles. The molecule has 1 aromatic carbocycles. The summed E-state index contributed by atoms with van der Waals surface area (Å²) in [5, 5.41) is 0. The van der Waals surface area contributed by atoms with Crippen molar-refractivity contribution in [3.63, 3.8) is 0 Å². The van der Waals surface area contributed by atoms with Gasteiger partial charge in [-0.3, -0.25) is 5.84 Å². The molecule has 1 aromatic rings. The predicted molar refractivity (Wildman–Crippen MR) is 72.7 cm³/mol. The van der Waals surface area contributed by atoms with E-state index >= 15 is 0 Å². The third-order valence-corrected chi connectivity index (χ3v) is 3.66. The monoisotopic (exact) mass is 284 g/mol. The van der Waals surface area contributed by atoms with Gasteiger partial charge in [-0.2, -0.15) is 13.2 Å². The topological polar surface area (TPSA) is 38.0 Å². The summed E-state index contributed by atoms with van der Waals surface area (Å²) in [5.74, 6) is 5.57. The summed E-state index contributed by atoms with van der Waals surface area (Å²) in [7, 11) is 0. The molecule has 0 bridgehead atoms. The van der Waals surface area contributed by atoms with E-state index < -0.39 is 11.7 Å². The molecular weight excluding hydrogens is 265 g/mol. The van der Waals surface area contributed by atoms with E-state index in [0.29, 0.717) is 5.56 Å². The SMILES string of the molecule is NNC(C1=CCCCCC1)c1cccc(C(F)(F)F)c1. The zero-order chi connectivity index (χ0) is 14.6. The molecule has 2 nitrogen and oxygen atoms in total. The second kappa shape index (κ2) is 6.41. The molecule has 0 saturated heterocycles. The molecule has 20 heavy (non-hydrogen) atoms. The summed E-state index contributed by atoms with van der Waals surface area (Å²) in [5.41, 5.74) is 3.68. The lowest BCUT2D eigenvalue weighted by molar-refractivity contribution is -0.137. The molecule has 5 heteroatoms. The largest absolute Gasteiger partial charge is 0.416 e. The second-order valence-electron chi connectivity index (χ2n) is 5.10. The summed E-state index contributed by atoms with van der Waals surface area (Å²) in [6.07, 6.45) is 2.97. The number of hydrogen-bond acceptors (Lipinski definition) is 2. The van der Waals surface area contributed by atoms with E-state index in [9.17, 15) is 13.2 Å². The van der Waals surface area contributed by atoms with E-state index in [4.69, 9.17) is 5.84 Å². The molecule has 1 unspecified atom stereocenters. The lowest BCUT2D eigenvalue weighted by atomic mass is 9.94. The van der Waals surface area contributed by atoms with Crippen LogP contribution in [0.1, 0.15) is 49.3 Å². The number of allylic oxidation sites excluding steroid dienone is 1. The third kappa shape index (κ3) is 3.61. The van der Waals surface area contributed by atoms with Crippen LogP contribution in [-0.4, -0.2) is 0 Å². The Morgan fingerprint density at radius 1 is 1.15 bits per heavy atom. The summed E-state index contributed by atoms with van der Waals surface area (Å²) < 4.78 is 38.3. The molecule has 3 N–H and O–H groups in total. The van der Waals surface area contributed by atoms with E-state index in [2.05, 4.69) is 11.5 Å². The van der Waals surface area contributed by atoms with Crippen molar-refractivity contribution < 1.29 is 13.2 Å². The maximum Gasteiger partial charge on any atom is 0.416 e. The van der Waals surface area contributed by atoms with Gasteiger partial charge in [-0.25, -0.2) is 5.43 Å². The van der Waals surface area contributed by atoms with Crippen LogP contribution in [0.3, 0.4) is 0 Å². The minimum absolute atomic E-state index is 0.338. The fraction of sp³-hybridized carbons (Fsp3) is 0.467. The van der Waals surface area contributed by atoms with Gasteiger partial charge in [0.2, 0.25) is 0 Å². The Kier molecular flexibility index (Phi) is 4.83. The standard InChI is InChI=1S/C15H19F3N2/c16-15(17,18)13-9-5-8-12(10-13)14(20-19)11-6-3-1-2-4-7-11/h5-6,8-10,14,20H,1-4,7,19H2. The number of benzene rings is 1. The van der Waals surface area contributed by atoms with Gasteiger partial charge in [-0.05, 0) is 43.4 Å². The summed E-state index contributed by atoms with van der Waals surface area (Å²) in [6.45, 7) is 0. The molecule has 0 spiro atoms. The van der Waals surface area contributed by atoms with Crippen molar-refractivity contribution in [3.05, 3.63) is 47.0 Å². The first-order valence-electron chi connectivity index (χ1n) is 6.84. The van der Waals surface area contributed by atoms with Crippen LogP contribution >= 0.6 is 0 Å². The van der Waals surface area contributed by atoms with Crippen molar-refractivity contribution >= 4 is 0 Å². The zero-order valence-corrected chi connectivity index (χ0v) is 11.2. The van der Waals surface area contributed by atoms with Crippen LogP contribution in [0.2, 0.25) is 0 Å². The van der Waals surface area contributed by atoms with Crippen molar-refractivity contribution in [1.29, 1.82) is 0 Å². The van der Waals surface area contributed by atoms with Gasteiger partial charge in [0.1, 0.15) is 0 Å². The quantitative estimate of drug-likeness (QED) is 0.498. The molecule has 1 atom stereocenters. The average molecular weight is 284 g/mol. The van der Waals surface area contributed by atoms with Gasteiger partial charge < -0.3 is 0 Å². The van der Waals surface area contributed by atoms with Crippen LogP contribution in [-0.2, 0) is 6.18 Å². The molecule has 0 aliphatic heterocycles. The van der Waals surface area contributed by atoms with Crippen LogP contribution in [0, 0.1) is 0 Å². The summed E-state index contributed by atoms with van der Waals surface area (Å²) in [4.78, 5) is 0. The van der Waals surface area contributed by atoms with Crippen molar-refractivity contribution in [3.8, 4) is 0 Å². The van der Waals surface area contributed by atoms with Crippen LogP contribution in [0.5, 0.6) is 0 Å². The average Bonchev–Trinajstić information content (AvgIpc) is 2.68. The van der Waals surface area contributed by atoms with Gasteiger partial charge in [0.15, 0.2) is 0 Å². The molecule has 0 aromatic heterocycles. The van der Waals surface area contributed by atoms with Gasteiger partial charge in [0.05, 0.1) is 11.6 Å². The molecule has 2 rings (SSSR count). The van der Waals surface area contributed by atoms with Crippen molar-refractivity contribution in [2.75, 3.05) is 0 Å². The minimum Gasteiger partial charge on any atom is -0.271 e. The lowest BCUT2D eigenvalue weighted by Crippen LogP contribution is -2.29. The number of rotatable bonds is 3.